The molecule has 3 N–H and O–H groups in total. The molecule has 1 aromatic carbocycles. The molecule has 1 aliphatic heterocycles. The largest absolute Gasteiger partial charge is 0.496 e. The number of carbonyl (C=O) groups is 2. The van der Waals surface area contributed by atoms with E-state index in [0.29, 0.717) is 0 Å². The zero-order valence-electron chi connectivity index (χ0n) is 16.5. The molecule has 0 radical (unpaired) electrons. The molecule has 1 fully saturated rings. The van der Waals surface area contributed by atoms with Gasteiger partial charge in [-0.25, -0.2) is 4.39 Å². The predicted molar refractivity (Wildman–Crippen MR) is 101 cm³/mol. The summed E-state index contributed by atoms with van der Waals surface area (Å²) in [6.45, 7) is 0.848. The Balaban J connectivity index is 1.97. The van der Waals surface area contributed by atoms with Gasteiger partial charge in [0.25, 0.3) is 11.8 Å². The van der Waals surface area contributed by atoms with Gasteiger partial charge in [-0.05, 0) is 31.5 Å². The Morgan fingerprint density at radius 3 is 2.61 bits per heavy atom. The van der Waals surface area contributed by atoms with Crippen LogP contribution in [-0.4, -0.2) is 41.8 Å². The zero-order chi connectivity index (χ0) is 23.0. The van der Waals surface area contributed by atoms with E-state index in [0.717, 1.165) is 19.1 Å². The second kappa shape index (κ2) is 8.14. The lowest BCUT2D eigenvalue weighted by Crippen LogP contribution is -2.43. The smallest absolute Gasteiger partial charge is 0.417 e. The van der Waals surface area contributed by atoms with Crippen molar-refractivity contribution in [3.8, 4) is 5.75 Å². The molecule has 31 heavy (non-hydrogen) atoms. The van der Waals surface area contributed by atoms with Crippen LogP contribution in [0.1, 0.15) is 35.3 Å². The summed E-state index contributed by atoms with van der Waals surface area (Å²) in [6, 6.07) is 5.89. The van der Waals surface area contributed by atoms with Crippen LogP contribution < -0.4 is 15.8 Å². The lowest BCUT2D eigenvalue weighted by molar-refractivity contribution is -0.261. The van der Waals surface area contributed by atoms with Crippen molar-refractivity contribution in [1.82, 2.24) is 4.98 Å². The summed E-state index contributed by atoms with van der Waals surface area (Å²) in [5, 5.41) is 2.42. The maximum atomic E-state index is 13.7. The molecule has 11 heteroatoms. The van der Waals surface area contributed by atoms with Gasteiger partial charge in [-0.3, -0.25) is 14.6 Å². The van der Waals surface area contributed by atoms with E-state index in [1.54, 1.807) is 0 Å². The van der Waals surface area contributed by atoms with Crippen molar-refractivity contribution >= 4 is 17.5 Å². The standard InChI is InChI=1S/C20H19F4N3O4/c1-19(20(22,23)24)9-13(12-4-3-10(21)7-15(12)30-2)16(31-19)18(29)27-11-5-6-26-14(8-11)17(25)28/h3-8,13,16H,9H2,1-2H3,(H2,25,28)(H,26,27,29)/t13-,16-,19+/m0/s1. The molecule has 7 nitrogen and oxygen atoms in total. The Kier molecular flexibility index (Phi) is 5.90. The third-order valence-electron chi connectivity index (χ3n) is 5.09. The van der Waals surface area contributed by atoms with Gasteiger partial charge in [0, 0.05) is 29.4 Å². The molecule has 0 unspecified atom stereocenters. The van der Waals surface area contributed by atoms with Crippen molar-refractivity contribution < 1.29 is 36.6 Å². The maximum absolute atomic E-state index is 13.7. The van der Waals surface area contributed by atoms with Crippen LogP contribution in [0.4, 0.5) is 23.2 Å². The number of primary amides is 1. The first-order valence-corrected chi connectivity index (χ1v) is 9.10. The zero-order valence-corrected chi connectivity index (χ0v) is 16.5. The van der Waals surface area contributed by atoms with E-state index in [1.807, 2.05) is 0 Å². The summed E-state index contributed by atoms with van der Waals surface area (Å²) in [5.74, 6) is -3.45. The Hall–Kier alpha value is -3.21. The van der Waals surface area contributed by atoms with Crippen molar-refractivity contribution in [2.75, 3.05) is 12.4 Å². The highest BCUT2D eigenvalue weighted by Crippen LogP contribution is 2.51. The monoisotopic (exact) mass is 441 g/mol. The van der Waals surface area contributed by atoms with Gasteiger partial charge >= 0.3 is 6.18 Å². The molecular weight excluding hydrogens is 422 g/mol. The number of aromatic nitrogens is 1. The van der Waals surface area contributed by atoms with Crippen LogP contribution in [0.15, 0.2) is 36.5 Å². The lowest BCUT2D eigenvalue weighted by atomic mass is 9.86. The number of alkyl halides is 3. The van der Waals surface area contributed by atoms with E-state index >= 15 is 0 Å². The van der Waals surface area contributed by atoms with Crippen LogP contribution in [0.25, 0.3) is 0 Å². The molecule has 1 aliphatic rings. The fourth-order valence-corrected chi connectivity index (χ4v) is 3.48. The molecule has 0 spiro atoms. The minimum atomic E-state index is -4.76. The molecule has 2 aromatic rings. The SMILES string of the molecule is COc1cc(F)ccc1[C@@H]1C[C@](C)(C(F)(F)F)O[C@@H]1C(=O)Nc1ccnc(C(N)=O)c1. The first-order valence-electron chi connectivity index (χ1n) is 9.10. The molecule has 2 heterocycles. The van der Waals surface area contributed by atoms with Gasteiger partial charge in [0.15, 0.2) is 5.60 Å². The predicted octanol–water partition coefficient (Wildman–Crippen LogP) is 3.16. The third-order valence-corrected chi connectivity index (χ3v) is 5.09. The average Bonchev–Trinajstić information content (AvgIpc) is 3.07. The molecule has 0 aliphatic carbocycles. The molecule has 1 saturated heterocycles. The normalized spacial score (nSPS) is 23.4. The van der Waals surface area contributed by atoms with Gasteiger partial charge in [0.2, 0.25) is 0 Å². The topological polar surface area (TPSA) is 104 Å². The molecule has 3 rings (SSSR count). The van der Waals surface area contributed by atoms with Gasteiger partial charge in [0.05, 0.1) is 7.11 Å². The van der Waals surface area contributed by atoms with E-state index < -0.39 is 47.9 Å². The molecule has 2 amide bonds. The number of hydrogen-bond donors (Lipinski definition) is 2. The Labute approximate surface area is 174 Å². The minimum absolute atomic E-state index is 0.00208. The van der Waals surface area contributed by atoms with Crippen molar-refractivity contribution in [2.24, 2.45) is 5.73 Å². The van der Waals surface area contributed by atoms with E-state index in [1.165, 1.54) is 31.5 Å². The number of amides is 2. The highest BCUT2D eigenvalue weighted by atomic mass is 19.4. The number of rotatable bonds is 5. The summed E-state index contributed by atoms with van der Waals surface area (Å²) < 4.78 is 65.0. The van der Waals surface area contributed by atoms with Gasteiger partial charge in [-0.2, -0.15) is 13.2 Å². The molecule has 0 bridgehead atoms. The number of halogens is 4. The lowest BCUT2D eigenvalue weighted by Gasteiger charge is -2.27. The van der Waals surface area contributed by atoms with Gasteiger partial charge in [-0.15, -0.1) is 0 Å². The number of nitrogens with two attached hydrogens (primary N) is 1. The first kappa shape index (κ1) is 22.5. The highest BCUT2D eigenvalue weighted by molar-refractivity contribution is 5.97. The number of methoxy groups -OCH3 is 1. The van der Waals surface area contributed by atoms with Crippen molar-refractivity contribution in [2.45, 2.75) is 37.1 Å². The van der Waals surface area contributed by atoms with E-state index in [2.05, 4.69) is 10.3 Å². The second-order valence-corrected chi connectivity index (χ2v) is 7.25. The fourth-order valence-electron chi connectivity index (χ4n) is 3.48. The van der Waals surface area contributed by atoms with E-state index in [-0.39, 0.29) is 22.7 Å². The molecule has 3 atom stereocenters. The number of carbonyl (C=O) groups excluding carboxylic acids is 2. The Bertz CT molecular complexity index is 1010. The van der Waals surface area contributed by atoms with Crippen LogP contribution in [-0.2, 0) is 9.53 Å². The number of nitrogens with zero attached hydrogens (tertiary/aromatic N) is 1. The molecule has 1 aromatic heterocycles. The Morgan fingerprint density at radius 1 is 1.29 bits per heavy atom. The summed E-state index contributed by atoms with van der Waals surface area (Å²) in [5.41, 5.74) is 2.70. The number of ether oxygens (including phenoxy) is 2. The van der Waals surface area contributed by atoms with E-state index in [4.69, 9.17) is 15.2 Å². The summed E-state index contributed by atoms with van der Waals surface area (Å²) >= 11 is 0. The molecule has 166 valence electrons. The quantitative estimate of drug-likeness (QED) is 0.694. The number of anilines is 1. The van der Waals surface area contributed by atoms with Gasteiger partial charge < -0.3 is 20.5 Å². The number of nitrogens with one attached hydrogen (secondary N) is 1. The molecular formula is C20H19F4N3O4. The van der Waals surface area contributed by atoms with E-state index in [9.17, 15) is 27.2 Å². The summed E-state index contributed by atoms with van der Waals surface area (Å²) in [7, 11) is 1.24. The van der Waals surface area contributed by atoms with Crippen LogP contribution in [0.3, 0.4) is 0 Å². The van der Waals surface area contributed by atoms with Gasteiger partial charge in [0.1, 0.15) is 23.4 Å². The number of hydrogen-bond acceptors (Lipinski definition) is 5. The van der Waals surface area contributed by atoms with Crippen molar-refractivity contribution in [1.29, 1.82) is 0 Å². The fraction of sp³-hybridized carbons (Fsp3) is 0.350. The van der Waals surface area contributed by atoms with Crippen LogP contribution in [0, 0.1) is 5.82 Å². The second-order valence-electron chi connectivity index (χ2n) is 7.25. The number of pyridine rings is 1. The maximum Gasteiger partial charge on any atom is 0.417 e. The van der Waals surface area contributed by atoms with Gasteiger partial charge in [-0.1, -0.05) is 6.07 Å². The van der Waals surface area contributed by atoms with Crippen LogP contribution >= 0.6 is 0 Å². The summed E-state index contributed by atoms with van der Waals surface area (Å²) in [4.78, 5) is 27.9. The average molecular weight is 441 g/mol. The van der Waals surface area contributed by atoms with Crippen LogP contribution in [0.2, 0.25) is 0 Å². The minimum Gasteiger partial charge on any atom is -0.496 e. The third kappa shape index (κ3) is 4.46. The highest BCUT2D eigenvalue weighted by Gasteiger charge is 2.61. The summed E-state index contributed by atoms with van der Waals surface area (Å²) in [6.07, 6.45) is -5.70. The van der Waals surface area contributed by atoms with Crippen molar-refractivity contribution in [3.05, 3.63) is 53.6 Å². The Morgan fingerprint density at radius 2 is 2.00 bits per heavy atom. The number of benzene rings is 1. The first-order chi connectivity index (χ1) is 14.4. The molecule has 0 saturated carbocycles. The van der Waals surface area contributed by atoms with Crippen molar-refractivity contribution in [3.63, 3.8) is 0 Å². The van der Waals surface area contributed by atoms with Crippen LogP contribution in [0.5, 0.6) is 5.75 Å².